The van der Waals surface area contributed by atoms with Gasteiger partial charge in [-0.25, -0.2) is 0 Å². The van der Waals surface area contributed by atoms with Gasteiger partial charge in [-0.05, 0) is 103 Å². The highest BCUT2D eigenvalue weighted by atomic mass is 32.3. The summed E-state index contributed by atoms with van der Waals surface area (Å²) in [7, 11) is -5.17. The first-order valence-corrected chi connectivity index (χ1v) is 30.2. The molecule has 0 saturated heterocycles. The van der Waals surface area contributed by atoms with Crippen molar-refractivity contribution in [3.63, 3.8) is 0 Å². The Balaban J connectivity index is -0.00000103. The molecule has 63 heavy (non-hydrogen) atoms. The molecule has 0 aromatic heterocycles. The summed E-state index contributed by atoms with van der Waals surface area (Å²) in [4.78, 5) is 0. The van der Waals surface area contributed by atoms with Gasteiger partial charge < -0.3 is 18.1 Å². The zero-order valence-corrected chi connectivity index (χ0v) is 45.7. The molecule has 0 unspecified atom stereocenters. The number of nitrogens with zero attached hydrogens (tertiary/aromatic N) is 2. The summed E-state index contributed by atoms with van der Waals surface area (Å²) in [6, 6.07) is 0. The summed E-state index contributed by atoms with van der Waals surface area (Å²) < 4.78 is 37.0. The fourth-order valence-electron chi connectivity index (χ4n) is 9.75. The van der Waals surface area contributed by atoms with Crippen molar-refractivity contribution in [2.75, 3.05) is 52.4 Å². The molecule has 0 aromatic rings. The molecule has 0 N–H and O–H groups in total. The van der Waals surface area contributed by atoms with E-state index in [2.05, 4.69) is 55.4 Å². The molecule has 0 rings (SSSR count). The monoisotopic (exact) mass is 917 g/mol. The fourth-order valence-corrected chi connectivity index (χ4v) is 9.75. The second kappa shape index (κ2) is 52.8. The van der Waals surface area contributed by atoms with Crippen molar-refractivity contribution in [2.45, 2.75) is 312 Å². The molecule has 6 nitrogen and oxygen atoms in total. The summed E-state index contributed by atoms with van der Waals surface area (Å²) in [5.74, 6) is 0. The van der Waals surface area contributed by atoms with Gasteiger partial charge in [0.25, 0.3) is 0 Å². The van der Waals surface area contributed by atoms with Gasteiger partial charge in [0.15, 0.2) is 0 Å². The van der Waals surface area contributed by atoms with Gasteiger partial charge in [0.05, 0.1) is 52.4 Å². The standard InChI is InChI=1S/2C28H60N.H2O4S/c2*1-5-9-13-17-21-25-29(26-22-18-14-10-6-2,27-23-19-15-11-7-3)28-24-20-16-12-8-4;1-5(2,3)4/h2*5-28H2,1-4H3;(H2,1,2,3,4)/q2*+1;/p-2. The van der Waals surface area contributed by atoms with Gasteiger partial charge in [-0.3, -0.25) is 8.42 Å². The van der Waals surface area contributed by atoms with Crippen LogP contribution in [0.3, 0.4) is 0 Å². The maximum atomic E-state index is 8.52. The first kappa shape index (κ1) is 67.1. The molecule has 7 heteroatoms. The van der Waals surface area contributed by atoms with E-state index in [1.165, 1.54) is 318 Å². The second-order valence-corrected chi connectivity index (χ2v) is 21.0. The number of rotatable bonds is 48. The van der Waals surface area contributed by atoms with E-state index in [1.54, 1.807) is 0 Å². The first-order chi connectivity index (χ1) is 30.5. The van der Waals surface area contributed by atoms with Crippen molar-refractivity contribution in [2.24, 2.45) is 0 Å². The van der Waals surface area contributed by atoms with E-state index in [0.29, 0.717) is 0 Å². The zero-order valence-electron chi connectivity index (χ0n) is 44.9. The SMILES string of the molecule is CCCCCCC[N+](CCCCCCC)(CCCCCCC)CCCCCCC.CCCCCCC[N+](CCCCCCC)(CCCCCCC)CCCCCCC.O=S(=O)([O-])[O-]. The van der Waals surface area contributed by atoms with Crippen LogP contribution in [0.4, 0.5) is 0 Å². The molecule has 0 saturated carbocycles. The van der Waals surface area contributed by atoms with Crippen LogP contribution >= 0.6 is 0 Å². The average Bonchev–Trinajstić information content (AvgIpc) is 3.25. The number of quaternary nitrogens is 2. The summed E-state index contributed by atoms with van der Waals surface area (Å²) in [6.45, 7) is 30.5. The van der Waals surface area contributed by atoms with Crippen molar-refractivity contribution in [3.8, 4) is 0 Å². The predicted molar refractivity (Wildman–Crippen MR) is 280 cm³/mol. The fraction of sp³-hybridized carbons (Fsp3) is 1.00. The maximum absolute atomic E-state index is 8.52. The van der Waals surface area contributed by atoms with Crippen LogP contribution in [0.1, 0.15) is 312 Å². The van der Waals surface area contributed by atoms with Crippen LogP contribution in [0.25, 0.3) is 0 Å². The summed E-state index contributed by atoms with van der Waals surface area (Å²) in [6.07, 6.45) is 57.6. The van der Waals surface area contributed by atoms with E-state index in [-0.39, 0.29) is 0 Å². The molecule has 0 fully saturated rings. The van der Waals surface area contributed by atoms with Crippen molar-refractivity contribution < 1.29 is 26.5 Å². The average molecular weight is 918 g/mol. The molecule has 0 bridgehead atoms. The Bertz CT molecular complexity index is 755. The van der Waals surface area contributed by atoms with Crippen LogP contribution in [0.15, 0.2) is 0 Å². The van der Waals surface area contributed by atoms with Crippen molar-refractivity contribution in [1.29, 1.82) is 0 Å². The van der Waals surface area contributed by atoms with E-state index in [1.807, 2.05) is 0 Å². The van der Waals surface area contributed by atoms with Gasteiger partial charge in [0.1, 0.15) is 0 Å². The van der Waals surface area contributed by atoms with Crippen LogP contribution in [0.5, 0.6) is 0 Å². The minimum absolute atomic E-state index is 1.37. The summed E-state index contributed by atoms with van der Waals surface area (Å²) in [5, 5.41) is 0. The second-order valence-electron chi connectivity index (χ2n) is 20.2. The first-order valence-electron chi connectivity index (χ1n) is 28.9. The molecular formula is C56H120N2O4S. The normalized spacial score (nSPS) is 12.0. The number of unbranched alkanes of at least 4 members (excludes halogenated alkanes) is 32. The lowest BCUT2D eigenvalue weighted by Gasteiger charge is -2.40. The summed E-state index contributed by atoms with van der Waals surface area (Å²) in [5.41, 5.74) is 0. The van der Waals surface area contributed by atoms with Crippen LogP contribution in [-0.2, 0) is 10.4 Å². The van der Waals surface area contributed by atoms with Crippen LogP contribution in [0, 0.1) is 0 Å². The van der Waals surface area contributed by atoms with Gasteiger partial charge in [-0.1, -0.05) is 209 Å². The third-order valence-electron chi connectivity index (χ3n) is 13.9. The largest absolute Gasteiger partial charge is 0.759 e. The maximum Gasteiger partial charge on any atom is 0.0786 e. The number of hydrogen-bond donors (Lipinski definition) is 0. The zero-order chi connectivity index (χ0) is 47.4. The minimum atomic E-state index is -5.17. The lowest BCUT2D eigenvalue weighted by atomic mass is 10.1. The van der Waals surface area contributed by atoms with Gasteiger partial charge in [-0.2, -0.15) is 0 Å². The van der Waals surface area contributed by atoms with E-state index >= 15 is 0 Å². The Morgan fingerprint density at radius 2 is 0.317 bits per heavy atom. The van der Waals surface area contributed by atoms with Crippen molar-refractivity contribution in [3.05, 3.63) is 0 Å². The Morgan fingerprint density at radius 3 is 0.413 bits per heavy atom. The molecular weight excluding hydrogens is 797 g/mol. The Morgan fingerprint density at radius 1 is 0.222 bits per heavy atom. The van der Waals surface area contributed by atoms with E-state index < -0.39 is 10.4 Å². The van der Waals surface area contributed by atoms with E-state index in [4.69, 9.17) is 17.5 Å². The molecule has 0 aliphatic carbocycles. The Labute approximate surface area is 399 Å². The van der Waals surface area contributed by atoms with Gasteiger partial charge in [0, 0.05) is 10.4 Å². The molecule has 0 spiro atoms. The molecule has 0 amide bonds. The van der Waals surface area contributed by atoms with Gasteiger partial charge >= 0.3 is 0 Å². The molecule has 0 aromatic carbocycles. The highest BCUT2D eigenvalue weighted by molar-refractivity contribution is 7.79. The van der Waals surface area contributed by atoms with Crippen LogP contribution in [0.2, 0.25) is 0 Å². The Hall–Kier alpha value is -0.210. The van der Waals surface area contributed by atoms with E-state index in [0.717, 1.165) is 0 Å². The Kier molecular flexibility index (Phi) is 56.2. The van der Waals surface area contributed by atoms with Crippen molar-refractivity contribution in [1.82, 2.24) is 0 Å². The molecule has 0 atom stereocenters. The number of hydrogen-bond acceptors (Lipinski definition) is 4. The topological polar surface area (TPSA) is 80.3 Å². The molecule has 0 radical (unpaired) electrons. The van der Waals surface area contributed by atoms with Crippen LogP contribution < -0.4 is 0 Å². The molecule has 0 aliphatic rings. The van der Waals surface area contributed by atoms with Crippen molar-refractivity contribution >= 4 is 10.4 Å². The summed E-state index contributed by atoms with van der Waals surface area (Å²) >= 11 is 0. The van der Waals surface area contributed by atoms with Crippen LogP contribution in [-0.4, -0.2) is 78.8 Å². The smallest absolute Gasteiger partial charge is 0.0786 e. The lowest BCUT2D eigenvalue weighted by Crippen LogP contribution is -2.50. The third kappa shape index (κ3) is 54.3. The molecule has 0 aliphatic heterocycles. The van der Waals surface area contributed by atoms with Gasteiger partial charge in [-0.15, -0.1) is 0 Å². The third-order valence-corrected chi connectivity index (χ3v) is 13.9. The van der Waals surface area contributed by atoms with Gasteiger partial charge in [0.2, 0.25) is 0 Å². The molecule has 384 valence electrons. The highest BCUT2D eigenvalue weighted by Crippen LogP contribution is 2.22. The minimum Gasteiger partial charge on any atom is -0.759 e. The predicted octanol–water partition coefficient (Wildman–Crippen LogP) is 18.0. The highest BCUT2D eigenvalue weighted by Gasteiger charge is 2.27. The molecule has 0 heterocycles. The van der Waals surface area contributed by atoms with E-state index in [9.17, 15) is 0 Å². The quantitative estimate of drug-likeness (QED) is 0.0264. The lowest BCUT2D eigenvalue weighted by molar-refractivity contribution is -0.929.